The van der Waals surface area contributed by atoms with Crippen LogP contribution in [0.3, 0.4) is 0 Å². The first-order valence-electron chi connectivity index (χ1n) is 12.5. The molecule has 1 aliphatic carbocycles. The van der Waals surface area contributed by atoms with Gasteiger partial charge in [-0.15, -0.1) is 0 Å². The summed E-state index contributed by atoms with van der Waals surface area (Å²) < 4.78 is 65.9. The second-order valence-electron chi connectivity index (χ2n) is 9.76. The maximum atomic E-state index is 13.8. The molecule has 0 heterocycles. The predicted octanol–water partition coefficient (Wildman–Crippen LogP) is 9.51. The summed E-state index contributed by atoms with van der Waals surface area (Å²) in [6.07, 6.45) is 3.49. The number of aryl methyl sites for hydroxylation is 2. The van der Waals surface area contributed by atoms with Crippen LogP contribution in [0.2, 0.25) is 0 Å². The fourth-order valence-electron chi connectivity index (χ4n) is 5.33. The number of alkyl halides is 3. The van der Waals surface area contributed by atoms with E-state index in [1.807, 2.05) is 24.3 Å². The van der Waals surface area contributed by atoms with Gasteiger partial charge in [-0.2, -0.15) is 13.2 Å². The minimum absolute atomic E-state index is 0.205. The SMILES string of the molecule is CCCC1CCC(c2ccc(-c3ccc(CCc4cc(F)c(C(F)(F)F)c(F)c4)cc3)cc2)CC1. The molecule has 1 fully saturated rings. The maximum absolute atomic E-state index is 13.8. The van der Waals surface area contributed by atoms with Gasteiger partial charge < -0.3 is 0 Å². The summed E-state index contributed by atoms with van der Waals surface area (Å²) in [7, 11) is 0. The smallest absolute Gasteiger partial charge is 0.206 e. The van der Waals surface area contributed by atoms with Crippen LogP contribution in [0.15, 0.2) is 60.7 Å². The van der Waals surface area contributed by atoms with Crippen molar-refractivity contribution in [3.63, 3.8) is 0 Å². The zero-order valence-corrected chi connectivity index (χ0v) is 20.0. The van der Waals surface area contributed by atoms with Gasteiger partial charge >= 0.3 is 6.18 Å². The molecule has 186 valence electrons. The Kier molecular flexibility index (Phi) is 7.93. The van der Waals surface area contributed by atoms with Crippen LogP contribution in [0.1, 0.15) is 73.6 Å². The number of halogens is 5. The second kappa shape index (κ2) is 10.9. The van der Waals surface area contributed by atoms with Crippen molar-refractivity contribution in [3.05, 3.63) is 94.6 Å². The number of hydrogen-bond acceptors (Lipinski definition) is 0. The van der Waals surface area contributed by atoms with Crippen LogP contribution in [-0.2, 0) is 19.0 Å². The van der Waals surface area contributed by atoms with Crippen molar-refractivity contribution in [3.8, 4) is 11.1 Å². The summed E-state index contributed by atoms with van der Waals surface area (Å²) in [4.78, 5) is 0. The third-order valence-electron chi connectivity index (χ3n) is 7.30. The van der Waals surface area contributed by atoms with E-state index in [1.165, 1.54) is 44.1 Å². The van der Waals surface area contributed by atoms with Gasteiger partial charge in [0, 0.05) is 0 Å². The van der Waals surface area contributed by atoms with Crippen molar-refractivity contribution in [1.82, 2.24) is 0 Å². The molecule has 0 unspecified atom stereocenters. The number of hydrogen-bond donors (Lipinski definition) is 0. The number of benzene rings is 3. The number of rotatable bonds is 7. The van der Waals surface area contributed by atoms with Gasteiger partial charge in [0.2, 0.25) is 0 Å². The Morgan fingerprint density at radius 1 is 0.714 bits per heavy atom. The van der Waals surface area contributed by atoms with Gasteiger partial charge in [0.25, 0.3) is 0 Å². The van der Waals surface area contributed by atoms with E-state index in [0.717, 1.165) is 34.7 Å². The molecule has 0 aliphatic heterocycles. The van der Waals surface area contributed by atoms with E-state index in [0.29, 0.717) is 12.3 Å². The molecule has 0 spiro atoms. The summed E-state index contributed by atoms with van der Waals surface area (Å²) in [6.45, 7) is 2.26. The lowest BCUT2D eigenvalue weighted by Crippen LogP contribution is -2.13. The first kappa shape index (κ1) is 25.4. The molecule has 0 nitrogen and oxygen atoms in total. The predicted molar refractivity (Wildman–Crippen MR) is 130 cm³/mol. The van der Waals surface area contributed by atoms with Crippen LogP contribution in [0.4, 0.5) is 22.0 Å². The van der Waals surface area contributed by atoms with E-state index in [-0.39, 0.29) is 12.0 Å². The average Bonchev–Trinajstić information content (AvgIpc) is 2.83. The highest BCUT2D eigenvalue weighted by atomic mass is 19.4. The lowest BCUT2D eigenvalue weighted by atomic mass is 9.77. The summed E-state index contributed by atoms with van der Waals surface area (Å²) >= 11 is 0. The van der Waals surface area contributed by atoms with Gasteiger partial charge in [0.15, 0.2) is 0 Å². The van der Waals surface area contributed by atoms with Crippen molar-refractivity contribution in [2.75, 3.05) is 0 Å². The van der Waals surface area contributed by atoms with E-state index >= 15 is 0 Å². The van der Waals surface area contributed by atoms with E-state index in [1.54, 1.807) is 0 Å². The minimum Gasteiger partial charge on any atom is -0.206 e. The molecule has 1 aliphatic rings. The molecule has 3 aromatic rings. The highest BCUT2D eigenvalue weighted by Gasteiger charge is 2.37. The molecule has 0 atom stereocenters. The summed E-state index contributed by atoms with van der Waals surface area (Å²) in [6, 6.07) is 18.3. The Bertz CT molecular complexity index is 1080. The van der Waals surface area contributed by atoms with Crippen LogP contribution >= 0.6 is 0 Å². The molecule has 0 aromatic heterocycles. The Morgan fingerprint density at radius 2 is 1.23 bits per heavy atom. The summed E-state index contributed by atoms with van der Waals surface area (Å²) in [5.41, 5.74) is 2.95. The molecule has 5 heteroatoms. The minimum atomic E-state index is -5.05. The zero-order valence-electron chi connectivity index (χ0n) is 20.0. The maximum Gasteiger partial charge on any atom is 0.422 e. The molecule has 0 amide bonds. The van der Waals surface area contributed by atoms with Crippen molar-refractivity contribution in [1.29, 1.82) is 0 Å². The van der Waals surface area contributed by atoms with Gasteiger partial charge in [-0.25, -0.2) is 8.78 Å². The fraction of sp³-hybridized carbons (Fsp3) is 0.400. The van der Waals surface area contributed by atoms with Crippen molar-refractivity contribution in [2.24, 2.45) is 5.92 Å². The van der Waals surface area contributed by atoms with Crippen LogP contribution in [0.5, 0.6) is 0 Å². The largest absolute Gasteiger partial charge is 0.422 e. The van der Waals surface area contributed by atoms with Crippen LogP contribution in [-0.4, -0.2) is 0 Å². The fourth-order valence-corrected chi connectivity index (χ4v) is 5.33. The molecule has 0 N–H and O–H groups in total. The monoisotopic (exact) mass is 486 g/mol. The first-order chi connectivity index (χ1) is 16.7. The van der Waals surface area contributed by atoms with Crippen LogP contribution < -0.4 is 0 Å². The van der Waals surface area contributed by atoms with Crippen molar-refractivity contribution < 1.29 is 22.0 Å². The van der Waals surface area contributed by atoms with Gasteiger partial charge in [-0.05, 0) is 90.3 Å². The van der Waals surface area contributed by atoms with E-state index in [4.69, 9.17) is 0 Å². The molecule has 0 radical (unpaired) electrons. The van der Waals surface area contributed by atoms with Gasteiger partial charge in [-0.1, -0.05) is 68.3 Å². The molecule has 0 bridgehead atoms. The first-order valence-corrected chi connectivity index (χ1v) is 12.5. The van der Waals surface area contributed by atoms with Gasteiger partial charge in [-0.3, -0.25) is 0 Å². The van der Waals surface area contributed by atoms with Crippen molar-refractivity contribution >= 4 is 0 Å². The standard InChI is InChI=1S/C30H31F5/c1-2-3-20-6-10-23(11-7-20)25-14-16-26(17-15-25)24-12-8-21(9-13-24)4-5-22-18-27(31)29(28(32)19-22)30(33,34)35/h8-9,12-20,23H,2-7,10-11H2,1H3. The van der Waals surface area contributed by atoms with E-state index in [9.17, 15) is 22.0 Å². The Labute approximate surface area is 204 Å². The molecule has 3 aromatic carbocycles. The van der Waals surface area contributed by atoms with Gasteiger partial charge in [0.1, 0.15) is 17.2 Å². The third-order valence-corrected chi connectivity index (χ3v) is 7.30. The molecule has 1 saturated carbocycles. The Morgan fingerprint density at radius 3 is 1.74 bits per heavy atom. The second-order valence-corrected chi connectivity index (χ2v) is 9.76. The topological polar surface area (TPSA) is 0 Å². The zero-order chi connectivity index (χ0) is 25.0. The normalized spacial score (nSPS) is 18.6. The molecule has 4 rings (SSSR count). The van der Waals surface area contributed by atoms with E-state index in [2.05, 4.69) is 31.2 Å². The molecular weight excluding hydrogens is 455 g/mol. The molecule has 0 saturated heterocycles. The lowest BCUT2D eigenvalue weighted by molar-refractivity contribution is -0.142. The van der Waals surface area contributed by atoms with Crippen LogP contribution in [0, 0.1) is 17.6 Å². The highest BCUT2D eigenvalue weighted by Crippen LogP contribution is 2.38. The summed E-state index contributed by atoms with van der Waals surface area (Å²) in [5.74, 6) is -1.59. The van der Waals surface area contributed by atoms with E-state index < -0.39 is 23.4 Å². The average molecular weight is 487 g/mol. The quantitative estimate of drug-likeness (QED) is 0.292. The van der Waals surface area contributed by atoms with Crippen molar-refractivity contribution in [2.45, 2.75) is 70.4 Å². The van der Waals surface area contributed by atoms with Gasteiger partial charge in [0.05, 0.1) is 0 Å². The highest BCUT2D eigenvalue weighted by molar-refractivity contribution is 5.64. The molecular formula is C30H31F5. The summed E-state index contributed by atoms with van der Waals surface area (Å²) in [5, 5.41) is 0. The van der Waals surface area contributed by atoms with Crippen LogP contribution in [0.25, 0.3) is 11.1 Å². The Balaban J connectivity index is 1.35. The third kappa shape index (κ3) is 6.31. The molecule has 35 heavy (non-hydrogen) atoms. The lowest BCUT2D eigenvalue weighted by Gasteiger charge is -2.28. The Hall–Kier alpha value is -2.69.